The third-order valence-electron chi connectivity index (χ3n) is 4.09. The Hall–Kier alpha value is -1.06. The topological polar surface area (TPSA) is 63.6 Å². The highest BCUT2D eigenvalue weighted by Gasteiger charge is 2.51. The first-order valence-corrected chi connectivity index (χ1v) is 6.85. The van der Waals surface area contributed by atoms with Gasteiger partial charge in [0.05, 0.1) is 6.61 Å². The Morgan fingerprint density at radius 1 is 1.33 bits per heavy atom. The van der Waals surface area contributed by atoms with Gasteiger partial charge in [-0.25, -0.2) is 0 Å². The highest BCUT2D eigenvalue weighted by molar-refractivity contribution is 5.99. The van der Waals surface area contributed by atoms with Crippen LogP contribution in [0.3, 0.4) is 0 Å². The fourth-order valence-corrected chi connectivity index (χ4v) is 2.91. The molecule has 1 aliphatic rings. The van der Waals surface area contributed by atoms with Crippen LogP contribution in [-0.4, -0.2) is 23.7 Å². The van der Waals surface area contributed by atoms with Crippen LogP contribution in [0, 0.1) is 17.3 Å². The summed E-state index contributed by atoms with van der Waals surface area (Å²) in [6, 6.07) is 0. The molecule has 1 rings (SSSR count). The number of carbonyl (C=O) groups excluding carboxylic acids is 1. The van der Waals surface area contributed by atoms with Crippen molar-refractivity contribution in [3.8, 4) is 0 Å². The van der Waals surface area contributed by atoms with Gasteiger partial charge in [0.25, 0.3) is 0 Å². The lowest BCUT2D eigenvalue weighted by atomic mass is 9.70. The van der Waals surface area contributed by atoms with Crippen LogP contribution in [0.15, 0.2) is 0 Å². The summed E-state index contributed by atoms with van der Waals surface area (Å²) < 4.78 is 5.02. The molecule has 1 fully saturated rings. The maximum absolute atomic E-state index is 12.1. The van der Waals surface area contributed by atoms with Gasteiger partial charge in [-0.1, -0.05) is 39.5 Å². The van der Waals surface area contributed by atoms with Gasteiger partial charge in [-0.3, -0.25) is 9.59 Å². The lowest BCUT2D eigenvalue weighted by molar-refractivity contribution is -0.174. The molecule has 0 aromatic rings. The SMILES string of the molecule is CCOC(=O)C(CC1CCCC1)(C(=O)O)C(C)C. The number of hydrogen-bond donors (Lipinski definition) is 1. The van der Waals surface area contributed by atoms with Gasteiger partial charge < -0.3 is 9.84 Å². The van der Waals surface area contributed by atoms with E-state index in [4.69, 9.17) is 4.74 Å². The number of ether oxygens (including phenoxy) is 1. The molecule has 18 heavy (non-hydrogen) atoms. The monoisotopic (exact) mass is 256 g/mol. The first kappa shape index (κ1) is 15.0. The van der Waals surface area contributed by atoms with Crippen LogP contribution < -0.4 is 0 Å². The molecule has 0 aliphatic heterocycles. The van der Waals surface area contributed by atoms with Crippen LogP contribution in [0.2, 0.25) is 0 Å². The van der Waals surface area contributed by atoms with Crippen LogP contribution >= 0.6 is 0 Å². The number of carboxylic acid groups (broad SMARTS) is 1. The van der Waals surface area contributed by atoms with Crippen molar-refractivity contribution in [3.63, 3.8) is 0 Å². The lowest BCUT2D eigenvalue weighted by Gasteiger charge is -2.33. The first-order chi connectivity index (χ1) is 8.45. The average Bonchev–Trinajstić information content (AvgIpc) is 2.77. The van der Waals surface area contributed by atoms with Gasteiger partial charge in [0.1, 0.15) is 0 Å². The molecule has 1 unspecified atom stereocenters. The minimum absolute atomic E-state index is 0.227. The summed E-state index contributed by atoms with van der Waals surface area (Å²) in [5.41, 5.74) is -1.37. The van der Waals surface area contributed by atoms with Crippen LogP contribution in [0.5, 0.6) is 0 Å². The van der Waals surface area contributed by atoms with Crippen LogP contribution in [0.1, 0.15) is 52.9 Å². The minimum atomic E-state index is -1.37. The van der Waals surface area contributed by atoms with E-state index in [1.807, 2.05) is 0 Å². The molecular weight excluding hydrogens is 232 g/mol. The van der Waals surface area contributed by atoms with Crippen molar-refractivity contribution in [2.75, 3.05) is 6.61 Å². The molecule has 4 heteroatoms. The highest BCUT2D eigenvalue weighted by atomic mass is 16.5. The molecule has 0 heterocycles. The van der Waals surface area contributed by atoms with Crippen LogP contribution in [-0.2, 0) is 14.3 Å². The zero-order valence-electron chi connectivity index (χ0n) is 11.6. The first-order valence-electron chi connectivity index (χ1n) is 6.85. The van der Waals surface area contributed by atoms with Crippen molar-refractivity contribution >= 4 is 11.9 Å². The summed E-state index contributed by atoms with van der Waals surface area (Å²) in [6.45, 7) is 5.52. The van der Waals surface area contributed by atoms with Crippen molar-refractivity contribution in [1.29, 1.82) is 0 Å². The van der Waals surface area contributed by atoms with E-state index >= 15 is 0 Å². The quantitative estimate of drug-likeness (QED) is 0.586. The van der Waals surface area contributed by atoms with E-state index in [1.165, 1.54) is 0 Å². The fraction of sp³-hybridized carbons (Fsp3) is 0.857. The number of carbonyl (C=O) groups is 2. The van der Waals surface area contributed by atoms with Crippen LogP contribution in [0.4, 0.5) is 0 Å². The van der Waals surface area contributed by atoms with E-state index in [-0.39, 0.29) is 12.5 Å². The Balaban J connectivity index is 2.96. The van der Waals surface area contributed by atoms with Gasteiger partial charge in [-0.15, -0.1) is 0 Å². The number of aliphatic carboxylic acids is 1. The average molecular weight is 256 g/mol. The second kappa shape index (κ2) is 6.21. The lowest BCUT2D eigenvalue weighted by Crippen LogP contribution is -2.46. The Labute approximate surface area is 109 Å². The molecule has 1 atom stereocenters. The summed E-state index contributed by atoms with van der Waals surface area (Å²) in [7, 11) is 0. The van der Waals surface area contributed by atoms with E-state index in [0.717, 1.165) is 25.7 Å². The van der Waals surface area contributed by atoms with Gasteiger partial charge in [0.15, 0.2) is 5.41 Å². The summed E-state index contributed by atoms with van der Waals surface area (Å²) in [5.74, 6) is -1.52. The van der Waals surface area contributed by atoms with Crippen molar-refractivity contribution in [2.45, 2.75) is 52.9 Å². The minimum Gasteiger partial charge on any atom is -0.480 e. The number of rotatable bonds is 6. The zero-order chi connectivity index (χ0) is 13.8. The largest absolute Gasteiger partial charge is 0.480 e. The summed E-state index contributed by atoms with van der Waals surface area (Å²) >= 11 is 0. The predicted octanol–water partition coefficient (Wildman–Crippen LogP) is 2.86. The van der Waals surface area contributed by atoms with E-state index in [1.54, 1.807) is 20.8 Å². The molecule has 1 aliphatic carbocycles. The molecule has 1 N–H and O–H groups in total. The number of hydrogen-bond acceptors (Lipinski definition) is 3. The Morgan fingerprint density at radius 2 is 1.89 bits per heavy atom. The third-order valence-corrected chi connectivity index (χ3v) is 4.09. The van der Waals surface area contributed by atoms with Gasteiger partial charge in [-0.05, 0) is 25.2 Å². The molecule has 0 aromatic carbocycles. The maximum atomic E-state index is 12.1. The Bertz CT molecular complexity index is 305. The molecule has 0 amide bonds. The van der Waals surface area contributed by atoms with Gasteiger partial charge in [-0.2, -0.15) is 0 Å². The standard InChI is InChI=1S/C14H24O4/c1-4-18-13(17)14(10(2)3,12(15)16)9-11-7-5-6-8-11/h10-11H,4-9H2,1-3H3,(H,15,16). The normalized spacial score (nSPS) is 19.8. The number of carboxylic acids is 1. The molecule has 0 spiro atoms. The van der Waals surface area contributed by atoms with E-state index in [9.17, 15) is 14.7 Å². The maximum Gasteiger partial charge on any atom is 0.323 e. The molecule has 0 radical (unpaired) electrons. The van der Waals surface area contributed by atoms with E-state index in [0.29, 0.717) is 12.3 Å². The summed E-state index contributed by atoms with van der Waals surface area (Å²) in [4.78, 5) is 23.8. The van der Waals surface area contributed by atoms with Crippen LogP contribution in [0.25, 0.3) is 0 Å². The number of esters is 1. The molecule has 1 saturated carbocycles. The van der Waals surface area contributed by atoms with Crippen molar-refractivity contribution in [2.24, 2.45) is 17.3 Å². The van der Waals surface area contributed by atoms with Crippen molar-refractivity contribution < 1.29 is 19.4 Å². The molecule has 4 nitrogen and oxygen atoms in total. The molecule has 0 saturated heterocycles. The van der Waals surface area contributed by atoms with Crippen molar-refractivity contribution in [1.82, 2.24) is 0 Å². The Kier molecular flexibility index (Phi) is 5.17. The molecule has 104 valence electrons. The second-order valence-electron chi connectivity index (χ2n) is 5.51. The third kappa shape index (κ3) is 2.85. The van der Waals surface area contributed by atoms with E-state index in [2.05, 4.69) is 0 Å². The smallest absolute Gasteiger partial charge is 0.323 e. The van der Waals surface area contributed by atoms with E-state index < -0.39 is 17.4 Å². The fourth-order valence-electron chi connectivity index (χ4n) is 2.91. The Morgan fingerprint density at radius 3 is 2.28 bits per heavy atom. The van der Waals surface area contributed by atoms with Gasteiger partial charge >= 0.3 is 11.9 Å². The molecular formula is C14H24O4. The van der Waals surface area contributed by atoms with Crippen molar-refractivity contribution in [3.05, 3.63) is 0 Å². The summed E-state index contributed by atoms with van der Waals surface area (Å²) in [6.07, 6.45) is 4.75. The molecule has 0 bridgehead atoms. The summed E-state index contributed by atoms with van der Waals surface area (Å²) in [5, 5.41) is 9.55. The van der Waals surface area contributed by atoms with Gasteiger partial charge in [0.2, 0.25) is 0 Å². The highest BCUT2D eigenvalue weighted by Crippen LogP contribution is 2.41. The van der Waals surface area contributed by atoms with Gasteiger partial charge in [0, 0.05) is 0 Å². The zero-order valence-corrected chi connectivity index (χ0v) is 11.6. The second-order valence-corrected chi connectivity index (χ2v) is 5.51. The molecule has 0 aromatic heterocycles. The predicted molar refractivity (Wildman–Crippen MR) is 68.1 cm³/mol.